The number of aryl methyl sites for hydroxylation is 1. The van der Waals surface area contributed by atoms with Crippen LogP contribution in [0.5, 0.6) is 0 Å². The number of rotatable bonds is 7. The number of amides is 1. The minimum atomic E-state index is -0.423. The van der Waals surface area contributed by atoms with Gasteiger partial charge >= 0.3 is 5.97 Å². The zero-order chi connectivity index (χ0) is 23.3. The van der Waals surface area contributed by atoms with Gasteiger partial charge < -0.3 is 9.64 Å². The van der Waals surface area contributed by atoms with Crippen molar-refractivity contribution in [3.8, 4) is 0 Å². The van der Waals surface area contributed by atoms with Crippen molar-refractivity contribution in [1.82, 2.24) is 14.5 Å². The first-order valence-electron chi connectivity index (χ1n) is 11.0. The van der Waals surface area contributed by atoms with Crippen LogP contribution in [0.15, 0.2) is 40.3 Å². The number of nitrogens with zero attached hydrogens (tertiary/aromatic N) is 3. The zero-order valence-corrected chi connectivity index (χ0v) is 20.0. The topological polar surface area (TPSA) is 81.5 Å². The molecule has 1 saturated heterocycles. The SMILES string of the molecule is CCOC(=O)C1CCCN(C(=O)C(C)Sc2nc(C)c(Cc3ccccc3)c(=O)n2C)C1. The molecular formula is C24H31N3O4S. The summed E-state index contributed by atoms with van der Waals surface area (Å²) >= 11 is 1.28. The molecule has 0 aliphatic carbocycles. The van der Waals surface area contributed by atoms with Crippen LogP contribution in [0.2, 0.25) is 0 Å². The minimum Gasteiger partial charge on any atom is -0.466 e. The Bertz CT molecular complexity index is 1020. The van der Waals surface area contributed by atoms with Gasteiger partial charge in [-0.15, -0.1) is 0 Å². The number of esters is 1. The quantitative estimate of drug-likeness (QED) is 0.361. The van der Waals surface area contributed by atoms with E-state index in [0.29, 0.717) is 42.5 Å². The van der Waals surface area contributed by atoms with Gasteiger partial charge in [0.15, 0.2) is 5.16 Å². The number of carbonyl (C=O) groups excluding carboxylic acids is 2. The highest BCUT2D eigenvalue weighted by atomic mass is 32.2. The van der Waals surface area contributed by atoms with Crippen molar-refractivity contribution < 1.29 is 14.3 Å². The highest BCUT2D eigenvalue weighted by Crippen LogP contribution is 2.25. The zero-order valence-electron chi connectivity index (χ0n) is 19.2. The van der Waals surface area contributed by atoms with E-state index in [2.05, 4.69) is 4.98 Å². The summed E-state index contributed by atoms with van der Waals surface area (Å²) in [5.41, 5.74) is 2.30. The fourth-order valence-electron chi connectivity index (χ4n) is 3.93. The van der Waals surface area contributed by atoms with Gasteiger partial charge in [-0.05, 0) is 39.2 Å². The Balaban J connectivity index is 1.71. The molecule has 2 atom stereocenters. The van der Waals surface area contributed by atoms with E-state index in [0.717, 1.165) is 18.4 Å². The van der Waals surface area contributed by atoms with Gasteiger partial charge in [0.25, 0.3) is 5.56 Å². The van der Waals surface area contributed by atoms with Crippen molar-refractivity contribution >= 4 is 23.6 Å². The first-order chi connectivity index (χ1) is 15.3. The van der Waals surface area contributed by atoms with Gasteiger partial charge in [-0.1, -0.05) is 42.1 Å². The van der Waals surface area contributed by atoms with Gasteiger partial charge in [0.05, 0.1) is 17.8 Å². The number of aromatic nitrogens is 2. The van der Waals surface area contributed by atoms with Crippen molar-refractivity contribution in [1.29, 1.82) is 0 Å². The summed E-state index contributed by atoms with van der Waals surface area (Å²) in [7, 11) is 1.69. The molecule has 0 bridgehead atoms. The second-order valence-electron chi connectivity index (χ2n) is 8.12. The third-order valence-corrected chi connectivity index (χ3v) is 6.89. The lowest BCUT2D eigenvalue weighted by Gasteiger charge is -2.33. The molecule has 0 N–H and O–H groups in total. The van der Waals surface area contributed by atoms with Crippen molar-refractivity contribution in [3.05, 3.63) is 57.5 Å². The van der Waals surface area contributed by atoms with Crippen LogP contribution in [-0.2, 0) is 27.8 Å². The molecule has 1 fully saturated rings. The van der Waals surface area contributed by atoms with Crippen LogP contribution in [0.25, 0.3) is 0 Å². The Hall–Kier alpha value is -2.61. The maximum absolute atomic E-state index is 13.1. The monoisotopic (exact) mass is 457 g/mol. The molecule has 0 radical (unpaired) electrons. The predicted octanol–water partition coefficient (Wildman–Crippen LogP) is 2.96. The number of benzene rings is 1. The van der Waals surface area contributed by atoms with E-state index < -0.39 is 5.25 Å². The Kier molecular flexibility index (Phi) is 8.12. The lowest BCUT2D eigenvalue weighted by Crippen LogP contribution is -2.45. The van der Waals surface area contributed by atoms with Gasteiger partial charge in [0.1, 0.15) is 0 Å². The summed E-state index contributed by atoms with van der Waals surface area (Å²) in [6.07, 6.45) is 2.04. The number of thioether (sulfide) groups is 1. The van der Waals surface area contributed by atoms with Gasteiger partial charge in [-0.2, -0.15) is 0 Å². The van der Waals surface area contributed by atoms with Crippen LogP contribution >= 0.6 is 11.8 Å². The van der Waals surface area contributed by atoms with E-state index in [1.807, 2.05) is 44.2 Å². The van der Waals surface area contributed by atoms with E-state index in [9.17, 15) is 14.4 Å². The molecule has 1 aromatic heterocycles. The summed E-state index contributed by atoms with van der Waals surface area (Å²) in [5, 5.41) is 0.0949. The second kappa shape index (κ2) is 10.8. The summed E-state index contributed by atoms with van der Waals surface area (Å²) in [6, 6.07) is 9.83. The van der Waals surface area contributed by atoms with Gasteiger partial charge in [-0.3, -0.25) is 19.0 Å². The molecule has 1 aliphatic heterocycles. The average Bonchev–Trinajstić information content (AvgIpc) is 2.80. The fraction of sp³-hybridized carbons (Fsp3) is 0.500. The molecule has 3 rings (SSSR count). The third-order valence-electron chi connectivity index (χ3n) is 5.76. The van der Waals surface area contributed by atoms with Crippen LogP contribution in [0.4, 0.5) is 0 Å². The molecule has 1 amide bonds. The summed E-state index contributed by atoms with van der Waals surface area (Å²) in [5.74, 6) is -0.560. The number of hydrogen-bond donors (Lipinski definition) is 0. The molecule has 7 nitrogen and oxygen atoms in total. The van der Waals surface area contributed by atoms with Gasteiger partial charge in [-0.25, -0.2) is 4.98 Å². The number of hydrogen-bond acceptors (Lipinski definition) is 6. The Morgan fingerprint density at radius 1 is 1.28 bits per heavy atom. The van der Waals surface area contributed by atoms with Crippen LogP contribution in [0, 0.1) is 12.8 Å². The number of ether oxygens (including phenoxy) is 1. The Morgan fingerprint density at radius 3 is 2.69 bits per heavy atom. The first-order valence-corrected chi connectivity index (χ1v) is 11.9. The van der Waals surface area contributed by atoms with Gasteiger partial charge in [0, 0.05) is 37.8 Å². The van der Waals surface area contributed by atoms with E-state index >= 15 is 0 Å². The molecule has 0 spiro atoms. The molecule has 8 heteroatoms. The van der Waals surface area contributed by atoms with Crippen LogP contribution in [0.3, 0.4) is 0 Å². The number of likely N-dealkylation sites (tertiary alicyclic amines) is 1. The summed E-state index contributed by atoms with van der Waals surface area (Å²) in [4.78, 5) is 44.5. The van der Waals surface area contributed by atoms with E-state index in [1.165, 1.54) is 16.3 Å². The largest absolute Gasteiger partial charge is 0.466 e. The average molecular weight is 458 g/mol. The number of piperidine rings is 1. The predicted molar refractivity (Wildman–Crippen MR) is 125 cm³/mol. The molecule has 2 heterocycles. The van der Waals surface area contributed by atoms with Crippen LogP contribution in [-0.4, -0.2) is 51.3 Å². The van der Waals surface area contributed by atoms with Crippen LogP contribution < -0.4 is 5.56 Å². The van der Waals surface area contributed by atoms with Crippen molar-refractivity contribution in [3.63, 3.8) is 0 Å². The Labute approximate surface area is 193 Å². The molecule has 1 aliphatic rings. The highest BCUT2D eigenvalue weighted by molar-refractivity contribution is 8.00. The van der Waals surface area contributed by atoms with Gasteiger partial charge in [0.2, 0.25) is 5.91 Å². The summed E-state index contributed by atoms with van der Waals surface area (Å²) < 4.78 is 6.66. The summed E-state index contributed by atoms with van der Waals surface area (Å²) in [6.45, 7) is 6.79. The van der Waals surface area contributed by atoms with Crippen molar-refractivity contribution in [2.24, 2.45) is 13.0 Å². The molecule has 172 valence electrons. The lowest BCUT2D eigenvalue weighted by atomic mass is 9.98. The van der Waals surface area contributed by atoms with Crippen LogP contribution in [0.1, 0.15) is 43.5 Å². The molecular weight excluding hydrogens is 426 g/mol. The maximum Gasteiger partial charge on any atom is 0.310 e. The molecule has 32 heavy (non-hydrogen) atoms. The third kappa shape index (κ3) is 5.59. The smallest absolute Gasteiger partial charge is 0.310 e. The highest BCUT2D eigenvalue weighted by Gasteiger charge is 2.32. The van der Waals surface area contributed by atoms with E-state index in [1.54, 1.807) is 18.9 Å². The maximum atomic E-state index is 13.1. The standard InChI is InChI=1S/C24H31N3O4S/c1-5-31-23(30)19-12-9-13-27(15-19)21(28)17(3)32-24-25-16(2)20(22(29)26(24)4)14-18-10-7-6-8-11-18/h6-8,10-11,17,19H,5,9,12-15H2,1-4H3. The van der Waals surface area contributed by atoms with Crippen molar-refractivity contribution in [2.75, 3.05) is 19.7 Å². The van der Waals surface area contributed by atoms with E-state index in [4.69, 9.17) is 4.74 Å². The second-order valence-corrected chi connectivity index (χ2v) is 9.43. The fourth-order valence-corrected chi connectivity index (χ4v) is 4.93. The minimum absolute atomic E-state index is 0.0516. The van der Waals surface area contributed by atoms with E-state index in [-0.39, 0.29) is 23.4 Å². The van der Waals surface area contributed by atoms with Crippen molar-refractivity contribution in [2.45, 2.75) is 50.4 Å². The molecule has 2 unspecified atom stereocenters. The molecule has 1 aromatic carbocycles. The Morgan fingerprint density at radius 2 is 2.00 bits per heavy atom. The lowest BCUT2D eigenvalue weighted by molar-refractivity contribution is -0.151. The number of carbonyl (C=O) groups is 2. The molecule has 2 aromatic rings. The first kappa shape index (κ1) is 24.0. The molecule has 0 saturated carbocycles. The normalized spacial score (nSPS) is 17.1.